The number of rotatable bonds is 4. The fourth-order valence-corrected chi connectivity index (χ4v) is 3.81. The van der Waals surface area contributed by atoms with Gasteiger partial charge in [-0.2, -0.15) is 11.8 Å². The van der Waals surface area contributed by atoms with Gasteiger partial charge in [-0.3, -0.25) is 0 Å². The van der Waals surface area contributed by atoms with Crippen molar-refractivity contribution in [1.29, 1.82) is 0 Å². The summed E-state index contributed by atoms with van der Waals surface area (Å²) in [5, 5.41) is 4.20. The Bertz CT molecular complexity index is 399. The zero-order chi connectivity index (χ0) is 13.0. The molecule has 1 saturated carbocycles. The molecule has 1 nitrogen and oxygen atoms in total. The predicted octanol–water partition coefficient (Wildman–Crippen LogP) is 4.35. The van der Waals surface area contributed by atoms with E-state index in [1.807, 2.05) is 23.9 Å². The Morgan fingerprint density at radius 2 is 2.17 bits per heavy atom. The van der Waals surface area contributed by atoms with Gasteiger partial charge in [0, 0.05) is 27.9 Å². The van der Waals surface area contributed by atoms with E-state index in [2.05, 4.69) is 27.5 Å². The maximum absolute atomic E-state index is 13.7. The molecule has 18 heavy (non-hydrogen) atoms. The molecule has 0 heterocycles. The fraction of sp³-hybridized carbons (Fsp3) is 0.571. The van der Waals surface area contributed by atoms with Gasteiger partial charge in [-0.15, -0.1) is 0 Å². The summed E-state index contributed by atoms with van der Waals surface area (Å²) in [7, 11) is 0. The minimum atomic E-state index is -0.131. The van der Waals surface area contributed by atoms with Gasteiger partial charge in [0.15, 0.2) is 0 Å². The first kappa shape index (κ1) is 14.4. The van der Waals surface area contributed by atoms with Crippen LogP contribution in [0.4, 0.5) is 4.39 Å². The lowest BCUT2D eigenvalue weighted by Gasteiger charge is -2.31. The van der Waals surface area contributed by atoms with Gasteiger partial charge in [-0.25, -0.2) is 4.39 Å². The van der Waals surface area contributed by atoms with Crippen LogP contribution in [-0.2, 0) is 6.54 Å². The van der Waals surface area contributed by atoms with Crippen LogP contribution in [0.1, 0.15) is 31.2 Å². The number of nitrogens with one attached hydrogen (secondary N) is 1. The Morgan fingerprint density at radius 3 is 2.89 bits per heavy atom. The second kappa shape index (κ2) is 6.92. The number of benzene rings is 1. The Morgan fingerprint density at radius 1 is 1.39 bits per heavy atom. The monoisotopic (exact) mass is 331 g/mol. The van der Waals surface area contributed by atoms with Crippen LogP contribution in [0, 0.1) is 5.82 Å². The molecule has 0 spiro atoms. The number of hydrogen-bond acceptors (Lipinski definition) is 2. The van der Waals surface area contributed by atoms with Crippen molar-refractivity contribution >= 4 is 27.7 Å². The molecule has 1 N–H and O–H groups in total. The van der Waals surface area contributed by atoms with Crippen molar-refractivity contribution in [1.82, 2.24) is 5.32 Å². The predicted molar refractivity (Wildman–Crippen MR) is 80.5 cm³/mol. The molecule has 0 aliphatic heterocycles. The molecule has 1 aromatic rings. The third-order valence-corrected chi connectivity index (χ3v) is 5.24. The average molecular weight is 332 g/mol. The minimum Gasteiger partial charge on any atom is -0.309 e. The molecule has 0 bridgehead atoms. The molecule has 1 aliphatic rings. The molecular weight excluding hydrogens is 313 g/mol. The summed E-state index contributed by atoms with van der Waals surface area (Å²) >= 11 is 5.21. The maximum atomic E-state index is 13.7. The van der Waals surface area contributed by atoms with E-state index in [-0.39, 0.29) is 5.82 Å². The van der Waals surface area contributed by atoms with Crippen LogP contribution >= 0.6 is 27.7 Å². The second-order valence-corrected chi connectivity index (χ2v) is 6.77. The first-order valence-corrected chi connectivity index (χ1v) is 8.49. The topological polar surface area (TPSA) is 12.0 Å². The summed E-state index contributed by atoms with van der Waals surface area (Å²) < 4.78 is 14.5. The van der Waals surface area contributed by atoms with Crippen molar-refractivity contribution < 1.29 is 4.39 Å². The third kappa shape index (κ3) is 3.72. The van der Waals surface area contributed by atoms with Crippen molar-refractivity contribution in [2.24, 2.45) is 0 Å². The lowest BCUT2D eigenvalue weighted by Crippen LogP contribution is -2.40. The molecule has 2 rings (SSSR count). The van der Waals surface area contributed by atoms with E-state index >= 15 is 0 Å². The number of hydrogen-bond donors (Lipinski definition) is 1. The van der Waals surface area contributed by atoms with Crippen molar-refractivity contribution in [2.75, 3.05) is 6.26 Å². The first-order chi connectivity index (χ1) is 8.70. The lowest BCUT2D eigenvalue weighted by atomic mass is 9.94. The molecule has 4 heteroatoms. The van der Waals surface area contributed by atoms with E-state index in [9.17, 15) is 4.39 Å². The van der Waals surface area contributed by atoms with E-state index in [1.54, 1.807) is 0 Å². The largest absolute Gasteiger partial charge is 0.309 e. The van der Waals surface area contributed by atoms with Crippen molar-refractivity contribution in [3.05, 3.63) is 34.1 Å². The van der Waals surface area contributed by atoms with Gasteiger partial charge in [0.05, 0.1) is 0 Å². The van der Waals surface area contributed by atoms with Gasteiger partial charge in [0.1, 0.15) is 5.82 Å². The minimum absolute atomic E-state index is 0.131. The van der Waals surface area contributed by atoms with E-state index in [0.717, 1.165) is 10.0 Å². The van der Waals surface area contributed by atoms with Crippen LogP contribution in [0.3, 0.4) is 0 Å². The summed E-state index contributed by atoms with van der Waals surface area (Å²) in [6.07, 6.45) is 7.28. The SMILES string of the molecule is CSC1CCCCC1NCc1ccc(Br)cc1F. The number of thioether (sulfide) groups is 1. The van der Waals surface area contributed by atoms with Gasteiger partial charge < -0.3 is 5.32 Å². The highest BCUT2D eigenvalue weighted by atomic mass is 79.9. The Balaban J connectivity index is 1.93. The van der Waals surface area contributed by atoms with Crippen LogP contribution in [0.25, 0.3) is 0 Å². The standard InChI is InChI=1S/C14H19BrFNS/c1-18-14-5-3-2-4-13(14)17-9-10-6-7-11(15)8-12(10)16/h6-8,13-14,17H,2-5,9H2,1H3. The molecule has 2 atom stereocenters. The Labute approximate surface area is 121 Å². The highest BCUT2D eigenvalue weighted by molar-refractivity contribution is 9.10. The Hall–Kier alpha value is -0.0600. The normalized spacial score (nSPS) is 24.2. The molecule has 0 radical (unpaired) electrons. The summed E-state index contributed by atoms with van der Waals surface area (Å²) in [4.78, 5) is 0. The average Bonchev–Trinajstić information content (AvgIpc) is 2.38. The van der Waals surface area contributed by atoms with Crippen LogP contribution in [0.15, 0.2) is 22.7 Å². The van der Waals surface area contributed by atoms with Crippen LogP contribution in [0.2, 0.25) is 0 Å². The van der Waals surface area contributed by atoms with Gasteiger partial charge in [0.2, 0.25) is 0 Å². The van der Waals surface area contributed by atoms with Gasteiger partial charge in [-0.1, -0.05) is 34.8 Å². The maximum Gasteiger partial charge on any atom is 0.128 e. The molecule has 1 aromatic carbocycles. The Kier molecular flexibility index (Phi) is 5.52. The van der Waals surface area contributed by atoms with Gasteiger partial charge in [0.25, 0.3) is 0 Å². The van der Waals surface area contributed by atoms with Gasteiger partial charge in [-0.05, 0) is 31.2 Å². The zero-order valence-corrected chi connectivity index (χ0v) is 13.0. The summed E-state index contributed by atoms with van der Waals surface area (Å²) in [6, 6.07) is 5.80. The van der Waals surface area contributed by atoms with Crippen LogP contribution < -0.4 is 5.32 Å². The molecular formula is C14H19BrFNS. The molecule has 0 saturated heterocycles. The molecule has 0 aromatic heterocycles. The lowest BCUT2D eigenvalue weighted by molar-refractivity contribution is 0.380. The third-order valence-electron chi connectivity index (χ3n) is 3.58. The van der Waals surface area contributed by atoms with Crippen LogP contribution in [-0.4, -0.2) is 17.5 Å². The summed E-state index contributed by atoms with van der Waals surface area (Å²) in [5.41, 5.74) is 0.753. The molecule has 1 fully saturated rings. The van der Waals surface area contributed by atoms with Crippen molar-refractivity contribution in [2.45, 2.75) is 43.5 Å². The summed E-state index contributed by atoms with van der Waals surface area (Å²) in [5.74, 6) is -0.131. The van der Waals surface area contributed by atoms with E-state index < -0.39 is 0 Å². The molecule has 0 amide bonds. The van der Waals surface area contributed by atoms with Crippen molar-refractivity contribution in [3.8, 4) is 0 Å². The smallest absolute Gasteiger partial charge is 0.128 e. The fourth-order valence-electron chi connectivity index (χ4n) is 2.52. The molecule has 100 valence electrons. The van der Waals surface area contributed by atoms with E-state index in [0.29, 0.717) is 17.8 Å². The van der Waals surface area contributed by atoms with Crippen molar-refractivity contribution in [3.63, 3.8) is 0 Å². The summed E-state index contributed by atoms with van der Waals surface area (Å²) in [6.45, 7) is 0.626. The first-order valence-electron chi connectivity index (χ1n) is 6.41. The highest BCUT2D eigenvalue weighted by Gasteiger charge is 2.23. The van der Waals surface area contributed by atoms with Gasteiger partial charge >= 0.3 is 0 Å². The molecule has 2 unspecified atom stereocenters. The zero-order valence-electron chi connectivity index (χ0n) is 10.6. The molecule has 1 aliphatic carbocycles. The van der Waals surface area contributed by atoms with E-state index in [4.69, 9.17) is 0 Å². The van der Waals surface area contributed by atoms with E-state index in [1.165, 1.54) is 31.7 Å². The quantitative estimate of drug-likeness (QED) is 0.880. The second-order valence-electron chi connectivity index (χ2n) is 4.78. The van der Waals surface area contributed by atoms with Crippen LogP contribution in [0.5, 0.6) is 0 Å². The number of halogens is 2. The highest BCUT2D eigenvalue weighted by Crippen LogP contribution is 2.27.